The Bertz CT molecular complexity index is 600. The van der Waals surface area contributed by atoms with Gasteiger partial charge in [0.15, 0.2) is 5.96 Å². The largest absolute Gasteiger partial charge is 0.354 e. The van der Waals surface area contributed by atoms with E-state index in [1.54, 1.807) is 30.3 Å². The molecule has 0 radical (unpaired) electrons. The smallest absolute Gasteiger partial charge is 0.243 e. The van der Waals surface area contributed by atoms with Crippen molar-refractivity contribution < 1.29 is 4.79 Å². The molecule has 1 aromatic heterocycles. The Balaban J connectivity index is 0.00000338. The molecule has 0 saturated carbocycles. The maximum Gasteiger partial charge on any atom is 0.243 e. The molecule has 6 nitrogen and oxygen atoms in total. The van der Waals surface area contributed by atoms with Gasteiger partial charge in [0.05, 0.1) is 4.34 Å². The molecule has 1 aliphatic heterocycles. The first-order valence-corrected chi connectivity index (χ1v) is 9.77. The molecule has 1 fully saturated rings. The monoisotopic (exact) mass is 513 g/mol. The number of guanidine groups is 1. The third kappa shape index (κ3) is 7.58. The number of carbonyl (C=O) groups excluding carboxylic acids is 1. The van der Waals surface area contributed by atoms with E-state index in [1.807, 2.05) is 6.07 Å². The SMILES string of the molecule is CC(C)NC(=NCC(=O)N(C)C)N1CCN(Cc2ccc(Cl)s2)CC1.I. The Hall–Kier alpha value is -0.580. The van der Waals surface area contributed by atoms with Crippen molar-refractivity contribution in [2.45, 2.75) is 26.4 Å². The maximum absolute atomic E-state index is 11.8. The lowest BCUT2D eigenvalue weighted by atomic mass is 10.3. The highest BCUT2D eigenvalue weighted by atomic mass is 127. The third-order valence-electron chi connectivity index (χ3n) is 3.96. The zero-order chi connectivity index (χ0) is 18.4. The Morgan fingerprint density at radius 3 is 2.46 bits per heavy atom. The second kappa shape index (κ2) is 11.3. The number of hydrogen-bond donors (Lipinski definition) is 1. The number of piperazine rings is 1. The molecule has 1 aromatic rings. The van der Waals surface area contributed by atoms with E-state index in [0.29, 0.717) is 0 Å². The number of nitrogens with one attached hydrogen (secondary N) is 1. The summed E-state index contributed by atoms with van der Waals surface area (Å²) in [6.45, 7) is 9.01. The maximum atomic E-state index is 11.8. The molecule has 0 atom stereocenters. The van der Waals surface area contributed by atoms with Gasteiger partial charge in [-0.05, 0) is 26.0 Å². The number of likely N-dealkylation sites (N-methyl/N-ethyl adjacent to an activating group) is 1. The van der Waals surface area contributed by atoms with Gasteiger partial charge in [0.1, 0.15) is 6.54 Å². The summed E-state index contributed by atoms with van der Waals surface area (Å²) in [5, 5.41) is 3.38. The van der Waals surface area contributed by atoms with E-state index in [-0.39, 0.29) is 42.5 Å². The van der Waals surface area contributed by atoms with Crippen LogP contribution in [0.15, 0.2) is 17.1 Å². The van der Waals surface area contributed by atoms with Crippen LogP contribution in [0.25, 0.3) is 0 Å². The highest BCUT2D eigenvalue weighted by Gasteiger charge is 2.21. The second-order valence-corrected chi connectivity index (χ2v) is 8.50. The Kier molecular flexibility index (Phi) is 10.2. The summed E-state index contributed by atoms with van der Waals surface area (Å²) in [5.74, 6) is 0.834. The highest BCUT2D eigenvalue weighted by Crippen LogP contribution is 2.23. The van der Waals surface area contributed by atoms with Crippen molar-refractivity contribution >= 4 is 58.8 Å². The minimum Gasteiger partial charge on any atom is -0.354 e. The van der Waals surface area contributed by atoms with E-state index in [4.69, 9.17) is 11.6 Å². The number of rotatable bonds is 5. The van der Waals surface area contributed by atoms with E-state index < -0.39 is 0 Å². The number of halogens is 2. The van der Waals surface area contributed by atoms with Crippen LogP contribution in [0, 0.1) is 0 Å². The Morgan fingerprint density at radius 2 is 1.96 bits per heavy atom. The van der Waals surface area contributed by atoms with Gasteiger partial charge in [-0.1, -0.05) is 11.6 Å². The zero-order valence-electron chi connectivity index (χ0n) is 15.9. The summed E-state index contributed by atoms with van der Waals surface area (Å²) in [6.07, 6.45) is 0. The van der Waals surface area contributed by atoms with Crippen LogP contribution in [-0.4, -0.2) is 79.4 Å². The van der Waals surface area contributed by atoms with Crippen molar-refractivity contribution in [3.8, 4) is 0 Å². The van der Waals surface area contributed by atoms with Gasteiger partial charge in [0, 0.05) is 57.7 Å². The van der Waals surface area contributed by atoms with Gasteiger partial charge in [-0.2, -0.15) is 0 Å². The highest BCUT2D eigenvalue weighted by molar-refractivity contribution is 14.0. The number of nitrogens with zero attached hydrogens (tertiary/aromatic N) is 4. The lowest BCUT2D eigenvalue weighted by molar-refractivity contribution is -0.127. The predicted molar refractivity (Wildman–Crippen MR) is 121 cm³/mol. The zero-order valence-corrected chi connectivity index (χ0v) is 19.8. The molecule has 0 bridgehead atoms. The second-order valence-electron chi connectivity index (χ2n) is 6.70. The fraction of sp³-hybridized carbons (Fsp3) is 0.647. The van der Waals surface area contributed by atoms with Gasteiger partial charge in [0.2, 0.25) is 5.91 Å². The minimum atomic E-state index is 0. The number of amides is 1. The molecular weight excluding hydrogens is 485 g/mol. The molecule has 1 aliphatic rings. The van der Waals surface area contributed by atoms with Gasteiger partial charge >= 0.3 is 0 Å². The molecule has 148 valence electrons. The van der Waals surface area contributed by atoms with E-state index in [2.05, 4.69) is 40.0 Å². The molecule has 1 amide bonds. The number of hydrogen-bond acceptors (Lipinski definition) is 4. The van der Waals surface area contributed by atoms with E-state index in [9.17, 15) is 4.79 Å². The topological polar surface area (TPSA) is 51.2 Å². The van der Waals surface area contributed by atoms with Crippen LogP contribution in [-0.2, 0) is 11.3 Å². The van der Waals surface area contributed by atoms with Gasteiger partial charge in [-0.3, -0.25) is 9.69 Å². The Morgan fingerprint density at radius 1 is 1.31 bits per heavy atom. The summed E-state index contributed by atoms with van der Waals surface area (Å²) in [6, 6.07) is 4.33. The summed E-state index contributed by atoms with van der Waals surface area (Å²) in [7, 11) is 3.51. The van der Waals surface area contributed by atoms with Gasteiger partial charge in [-0.25, -0.2) is 4.99 Å². The Labute approximate surface area is 182 Å². The first-order chi connectivity index (χ1) is 11.8. The standard InChI is InChI=1S/C17H28ClN5OS.HI/c1-13(2)20-17(19-11-16(24)21(3)4)23-9-7-22(8-10-23)12-14-5-6-15(18)25-14;/h5-6,13H,7-12H2,1-4H3,(H,19,20);1H. The van der Waals surface area contributed by atoms with Crippen LogP contribution in [0.5, 0.6) is 0 Å². The number of thiophene rings is 1. The summed E-state index contributed by atoms with van der Waals surface area (Å²) < 4.78 is 0.842. The summed E-state index contributed by atoms with van der Waals surface area (Å²) in [5.41, 5.74) is 0. The molecule has 26 heavy (non-hydrogen) atoms. The normalized spacial score (nSPS) is 15.8. The molecule has 0 aromatic carbocycles. The predicted octanol–water partition coefficient (Wildman–Crippen LogP) is 2.58. The lowest BCUT2D eigenvalue weighted by Crippen LogP contribution is -2.53. The van der Waals surface area contributed by atoms with Crippen LogP contribution in [0.4, 0.5) is 0 Å². The van der Waals surface area contributed by atoms with Gasteiger partial charge < -0.3 is 15.1 Å². The fourth-order valence-electron chi connectivity index (χ4n) is 2.55. The van der Waals surface area contributed by atoms with E-state index >= 15 is 0 Å². The van der Waals surface area contributed by atoms with Crippen LogP contribution in [0.3, 0.4) is 0 Å². The molecule has 0 spiro atoms. The van der Waals surface area contributed by atoms with Crippen molar-refractivity contribution in [3.05, 3.63) is 21.3 Å². The molecule has 1 N–H and O–H groups in total. The van der Waals surface area contributed by atoms with E-state index in [1.165, 1.54) is 4.88 Å². The van der Waals surface area contributed by atoms with Crippen molar-refractivity contribution in [3.63, 3.8) is 0 Å². The molecule has 0 unspecified atom stereocenters. The van der Waals surface area contributed by atoms with Crippen molar-refractivity contribution in [1.82, 2.24) is 20.0 Å². The molecule has 2 heterocycles. The van der Waals surface area contributed by atoms with Crippen LogP contribution in [0.1, 0.15) is 18.7 Å². The number of carbonyl (C=O) groups is 1. The molecule has 9 heteroatoms. The lowest BCUT2D eigenvalue weighted by Gasteiger charge is -2.37. The molecule has 1 saturated heterocycles. The number of aliphatic imine (C=N–C) groups is 1. The van der Waals surface area contributed by atoms with Crippen molar-refractivity contribution in [1.29, 1.82) is 0 Å². The van der Waals surface area contributed by atoms with E-state index in [0.717, 1.165) is 43.0 Å². The summed E-state index contributed by atoms with van der Waals surface area (Å²) >= 11 is 7.65. The first-order valence-electron chi connectivity index (χ1n) is 8.58. The minimum absolute atomic E-state index is 0. The average molecular weight is 514 g/mol. The summed E-state index contributed by atoms with van der Waals surface area (Å²) in [4.78, 5) is 23.9. The third-order valence-corrected chi connectivity index (χ3v) is 5.18. The fourth-order valence-corrected chi connectivity index (χ4v) is 3.68. The van der Waals surface area contributed by atoms with Crippen molar-refractivity contribution in [2.24, 2.45) is 4.99 Å². The molecule has 0 aliphatic carbocycles. The quantitative estimate of drug-likeness (QED) is 0.374. The molecule has 2 rings (SSSR count). The van der Waals surface area contributed by atoms with Crippen LogP contribution in [0.2, 0.25) is 4.34 Å². The molecular formula is C17H29ClIN5OS. The average Bonchev–Trinajstić information content (AvgIpc) is 2.96. The van der Waals surface area contributed by atoms with Crippen LogP contribution < -0.4 is 5.32 Å². The first kappa shape index (κ1) is 23.5. The van der Waals surface area contributed by atoms with Gasteiger partial charge in [0.25, 0.3) is 0 Å². The van der Waals surface area contributed by atoms with Crippen molar-refractivity contribution in [2.75, 3.05) is 46.8 Å². The van der Waals surface area contributed by atoms with Crippen LogP contribution >= 0.6 is 46.9 Å². The van der Waals surface area contributed by atoms with Gasteiger partial charge in [-0.15, -0.1) is 35.3 Å².